The van der Waals surface area contributed by atoms with Gasteiger partial charge >= 0.3 is 12.1 Å². The first-order valence-corrected chi connectivity index (χ1v) is 14.1. The second-order valence-electron chi connectivity index (χ2n) is 8.99. The number of carbonyl (C=O) groups excluding carboxylic acids is 3. The number of nitrogens with zero attached hydrogens (tertiary/aromatic N) is 5. The third kappa shape index (κ3) is 6.47. The average molecular weight is 650 g/mol. The highest BCUT2D eigenvalue weighted by molar-refractivity contribution is 8.00. The van der Waals surface area contributed by atoms with Crippen LogP contribution in [0.25, 0.3) is 0 Å². The van der Waals surface area contributed by atoms with Crippen LogP contribution in [0.4, 0.5) is 24.0 Å². The molecule has 3 aromatic rings. The molecule has 19 heteroatoms. The highest BCUT2D eigenvalue weighted by atomic mass is 32.2. The minimum absolute atomic E-state index is 0.0321. The number of benzene rings is 2. The number of alkyl halides is 3. The summed E-state index contributed by atoms with van der Waals surface area (Å²) in [5.74, 6) is -2.75. The van der Waals surface area contributed by atoms with Gasteiger partial charge in [0.2, 0.25) is 11.5 Å². The van der Waals surface area contributed by atoms with E-state index in [1.54, 1.807) is 0 Å². The smallest absolute Gasteiger partial charge is 0.416 e. The number of fused-ring (bicyclic) bond motifs is 1. The number of non-ortho nitro benzene ring substituents is 1. The highest BCUT2D eigenvalue weighted by Crippen LogP contribution is 2.38. The van der Waals surface area contributed by atoms with Gasteiger partial charge in [0, 0.05) is 29.4 Å². The lowest BCUT2D eigenvalue weighted by Gasteiger charge is -2.48. The van der Waals surface area contributed by atoms with E-state index in [2.05, 4.69) is 19.8 Å². The molecule has 1 fully saturated rings. The van der Waals surface area contributed by atoms with Gasteiger partial charge in [0.25, 0.3) is 17.5 Å². The van der Waals surface area contributed by atoms with Crippen molar-refractivity contribution in [2.75, 3.05) is 11.5 Å². The molecular formula is C25H18F3N7O7S2. The molecule has 0 aliphatic carbocycles. The van der Waals surface area contributed by atoms with Gasteiger partial charge in [-0.1, -0.05) is 11.2 Å². The van der Waals surface area contributed by atoms with Crippen LogP contribution in [0.15, 0.2) is 65.5 Å². The molecule has 0 bridgehead atoms. The number of nitrogen functional groups attached to an aromatic ring is 1. The van der Waals surface area contributed by atoms with E-state index < -0.39 is 51.6 Å². The molecule has 2 aliphatic heterocycles. The van der Waals surface area contributed by atoms with Crippen LogP contribution in [0.5, 0.6) is 5.75 Å². The van der Waals surface area contributed by atoms with Gasteiger partial charge in [-0.05, 0) is 42.0 Å². The number of carbonyl (C=O) groups is 3. The maximum Gasteiger partial charge on any atom is 0.416 e. The zero-order valence-corrected chi connectivity index (χ0v) is 23.5. The number of nitrogens with two attached hydrogens (primary N) is 1. The number of rotatable bonds is 9. The summed E-state index contributed by atoms with van der Waals surface area (Å²) in [5, 5.41) is 16.2. The van der Waals surface area contributed by atoms with Crippen LogP contribution in [-0.2, 0) is 31.9 Å². The number of hydrogen-bond donors (Lipinski definition) is 2. The average Bonchev–Trinajstić information content (AvgIpc) is 3.43. The second kappa shape index (κ2) is 12.3. The van der Waals surface area contributed by atoms with Gasteiger partial charge in [-0.15, -0.1) is 11.8 Å². The SMILES string of the molecule is Nc1nc(/C(=N/Oc2cccc(C(F)(F)F)c2)C(=O)NC2C(=O)N3C(C(=O)OCc4ccc([N+](=O)[O-])cc4)=CCS[C@H]23)ns1. The molecule has 3 N–H and O–H groups in total. The minimum atomic E-state index is -4.65. The molecule has 44 heavy (non-hydrogen) atoms. The molecule has 228 valence electrons. The minimum Gasteiger partial charge on any atom is -0.456 e. The van der Waals surface area contributed by atoms with Crippen molar-refractivity contribution in [2.45, 2.75) is 24.2 Å². The summed E-state index contributed by atoms with van der Waals surface area (Å²) in [7, 11) is 0. The normalized spacial score (nSPS) is 18.1. The summed E-state index contributed by atoms with van der Waals surface area (Å²) < 4.78 is 48.4. The molecule has 2 aliphatic rings. The van der Waals surface area contributed by atoms with Gasteiger partial charge in [-0.2, -0.15) is 22.5 Å². The van der Waals surface area contributed by atoms with Crippen LogP contribution >= 0.6 is 23.3 Å². The van der Waals surface area contributed by atoms with E-state index in [4.69, 9.17) is 15.3 Å². The lowest BCUT2D eigenvalue weighted by atomic mass is 10.0. The Morgan fingerprint density at radius 1 is 1.23 bits per heavy atom. The van der Waals surface area contributed by atoms with Crippen molar-refractivity contribution >= 4 is 57.6 Å². The molecule has 0 radical (unpaired) electrons. The first-order valence-electron chi connectivity index (χ1n) is 12.3. The predicted molar refractivity (Wildman–Crippen MR) is 149 cm³/mol. The number of anilines is 1. The maximum absolute atomic E-state index is 13.2. The topological polar surface area (TPSA) is 192 Å². The molecule has 5 rings (SSSR count). The number of nitro benzene ring substituents is 1. The van der Waals surface area contributed by atoms with E-state index in [-0.39, 0.29) is 34.7 Å². The lowest BCUT2D eigenvalue weighted by Crippen LogP contribution is -2.70. The zero-order chi connectivity index (χ0) is 31.6. The van der Waals surface area contributed by atoms with Crippen LogP contribution < -0.4 is 15.9 Å². The van der Waals surface area contributed by atoms with Crippen molar-refractivity contribution in [3.05, 3.63) is 87.4 Å². The number of aromatic nitrogens is 2. The number of esters is 1. The first-order chi connectivity index (χ1) is 20.9. The molecule has 2 atom stereocenters. The Bertz CT molecular complexity index is 1700. The monoisotopic (exact) mass is 649 g/mol. The summed E-state index contributed by atoms with van der Waals surface area (Å²) in [6.45, 7) is -0.205. The summed E-state index contributed by atoms with van der Waals surface area (Å²) >= 11 is 1.97. The fourth-order valence-electron chi connectivity index (χ4n) is 4.02. The fourth-order valence-corrected chi connectivity index (χ4v) is 5.65. The zero-order valence-electron chi connectivity index (χ0n) is 21.9. The van der Waals surface area contributed by atoms with Crippen molar-refractivity contribution in [1.82, 2.24) is 19.6 Å². The fraction of sp³-hybridized carbons (Fsp3) is 0.200. The number of halogens is 3. The van der Waals surface area contributed by atoms with Crippen molar-refractivity contribution in [3.63, 3.8) is 0 Å². The number of hydrogen-bond acceptors (Lipinski definition) is 13. The van der Waals surface area contributed by atoms with E-state index in [9.17, 15) is 37.7 Å². The van der Waals surface area contributed by atoms with E-state index >= 15 is 0 Å². The molecule has 1 saturated heterocycles. The van der Waals surface area contributed by atoms with Crippen molar-refractivity contribution in [1.29, 1.82) is 0 Å². The van der Waals surface area contributed by atoms with Gasteiger partial charge in [0.15, 0.2) is 10.9 Å². The Morgan fingerprint density at radius 2 is 1.98 bits per heavy atom. The van der Waals surface area contributed by atoms with Crippen molar-refractivity contribution < 1.29 is 42.1 Å². The Morgan fingerprint density at radius 3 is 2.64 bits per heavy atom. The van der Waals surface area contributed by atoms with E-state index in [1.165, 1.54) is 48.2 Å². The summed E-state index contributed by atoms with van der Waals surface area (Å²) in [5.41, 5.74) is 4.38. The molecule has 0 saturated carbocycles. The molecule has 14 nitrogen and oxygen atoms in total. The predicted octanol–water partition coefficient (Wildman–Crippen LogP) is 2.86. The molecule has 3 heterocycles. The highest BCUT2D eigenvalue weighted by Gasteiger charge is 2.53. The van der Waals surface area contributed by atoms with Gasteiger partial charge in [-0.3, -0.25) is 24.6 Å². The van der Waals surface area contributed by atoms with Crippen LogP contribution in [-0.4, -0.2) is 59.8 Å². The number of oxime groups is 1. The Balaban J connectivity index is 1.26. The van der Waals surface area contributed by atoms with Gasteiger partial charge < -0.3 is 20.6 Å². The van der Waals surface area contributed by atoms with Crippen LogP contribution in [0.3, 0.4) is 0 Å². The van der Waals surface area contributed by atoms with Crippen molar-refractivity contribution in [3.8, 4) is 5.75 Å². The molecule has 1 unspecified atom stereocenters. The number of nitro groups is 1. The molecule has 1 aromatic heterocycles. The van der Waals surface area contributed by atoms with Crippen LogP contribution in [0, 0.1) is 10.1 Å². The van der Waals surface area contributed by atoms with Gasteiger partial charge in [0.05, 0.1) is 10.5 Å². The summed E-state index contributed by atoms with van der Waals surface area (Å²) in [4.78, 5) is 59.4. The summed E-state index contributed by atoms with van der Waals surface area (Å²) in [6.07, 6.45) is -3.15. The van der Waals surface area contributed by atoms with Crippen LogP contribution in [0.2, 0.25) is 0 Å². The maximum atomic E-state index is 13.2. The molecule has 2 aromatic carbocycles. The number of nitrogens with one attached hydrogen (secondary N) is 1. The number of ether oxygens (including phenoxy) is 1. The standard InChI is InChI=1S/C25H18F3N7O7S2/c26-25(27,28)13-2-1-3-15(10-13)42-32-17(19-31-24(29)44-33-19)20(36)30-18-21(37)34-16(8-9-43-22(18)34)23(38)41-11-12-4-6-14(7-5-12)35(39)40/h1-8,10,18,22H,9,11H2,(H,30,36)(H2,29,31,33)/b32-17-/t18?,22-/m1/s1. The van der Waals surface area contributed by atoms with E-state index in [0.717, 1.165) is 28.6 Å². The van der Waals surface area contributed by atoms with Crippen molar-refractivity contribution in [2.24, 2.45) is 5.16 Å². The van der Waals surface area contributed by atoms with E-state index in [1.807, 2.05) is 0 Å². The van der Waals surface area contributed by atoms with Gasteiger partial charge in [-0.25, -0.2) is 4.79 Å². The van der Waals surface area contributed by atoms with Gasteiger partial charge in [0.1, 0.15) is 23.7 Å². The number of amides is 2. The molecule has 0 spiro atoms. The second-order valence-corrected chi connectivity index (χ2v) is 10.9. The summed E-state index contributed by atoms with van der Waals surface area (Å²) in [6, 6.07) is 8.07. The van der Waals surface area contributed by atoms with E-state index in [0.29, 0.717) is 17.4 Å². The Labute approximate surface area is 253 Å². The number of thioether (sulfide) groups is 1. The molecule has 2 amide bonds. The first kappa shape index (κ1) is 30.4. The third-order valence-corrected chi connectivity index (χ3v) is 7.86. The van der Waals surface area contributed by atoms with Crippen LogP contribution in [0.1, 0.15) is 17.0 Å². The molecular weight excluding hydrogens is 631 g/mol. The Hall–Kier alpha value is -5.04. The largest absolute Gasteiger partial charge is 0.456 e. The lowest BCUT2D eigenvalue weighted by molar-refractivity contribution is -0.384. The Kier molecular flexibility index (Phi) is 8.50. The number of β-lactam (4-membered cyclic amide) rings is 1. The third-order valence-electron chi connectivity index (χ3n) is 6.13. The quantitative estimate of drug-likeness (QED) is 0.114.